The summed E-state index contributed by atoms with van der Waals surface area (Å²) in [6.45, 7) is 1.04. The predicted molar refractivity (Wildman–Crippen MR) is 58.8 cm³/mol. The first kappa shape index (κ1) is 10.2. The van der Waals surface area contributed by atoms with Crippen LogP contribution in [0.4, 0.5) is 11.8 Å². The van der Waals surface area contributed by atoms with E-state index in [1.165, 1.54) is 0 Å². The van der Waals surface area contributed by atoms with Crippen LogP contribution < -0.4 is 10.6 Å². The van der Waals surface area contributed by atoms with E-state index in [4.69, 9.17) is 5.11 Å². The molecule has 0 aliphatic heterocycles. The van der Waals surface area contributed by atoms with E-state index < -0.39 is 0 Å². The average molecular weight is 208 g/mol. The van der Waals surface area contributed by atoms with Crippen LogP contribution >= 0.6 is 0 Å². The standard InChI is InChI=1S/C10H16N4O/c1-11-9-12-5-2-8(14-9)13-6-10(7-15)3-4-10/h2,5,15H,3-4,6-7H2,1H3,(H2,11,12,13,14). The minimum absolute atomic E-state index is 0.102. The summed E-state index contributed by atoms with van der Waals surface area (Å²) in [6, 6.07) is 1.83. The Hall–Kier alpha value is -1.36. The molecular formula is C10H16N4O. The Morgan fingerprint density at radius 1 is 1.53 bits per heavy atom. The first-order chi connectivity index (χ1) is 7.28. The first-order valence-corrected chi connectivity index (χ1v) is 5.14. The molecule has 0 aromatic carbocycles. The van der Waals surface area contributed by atoms with Crippen molar-refractivity contribution in [3.8, 4) is 0 Å². The summed E-state index contributed by atoms with van der Waals surface area (Å²) in [5.41, 5.74) is 0.102. The third kappa shape index (κ3) is 2.36. The molecule has 1 heterocycles. The summed E-state index contributed by atoms with van der Waals surface area (Å²) >= 11 is 0. The maximum atomic E-state index is 9.15. The first-order valence-electron chi connectivity index (χ1n) is 5.14. The number of aliphatic hydroxyl groups excluding tert-OH is 1. The molecule has 0 bridgehead atoms. The Balaban J connectivity index is 1.93. The maximum absolute atomic E-state index is 9.15. The molecule has 1 aliphatic rings. The number of hydrogen-bond acceptors (Lipinski definition) is 5. The largest absolute Gasteiger partial charge is 0.396 e. The monoisotopic (exact) mass is 208 g/mol. The van der Waals surface area contributed by atoms with Crippen molar-refractivity contribution in [1.29, 1.82) is 0 Å². The molecule has 3 N–H and O–H groups in total. The average Bonchev–Trinajstić information content (AvgIpc) is 3.07. The number of anilines is 2. The van der Waals surface area contributed by atoms with Gasteiger partial charge in [0.05, 0.1) is 6.61 Å². The van der Waals surface area contributed by atoms with E-state index in [9.17, 15) is 0 Å². The third-order valence-corrected chi connectivity index (χ3v) is 2.82. The number of nitrogens with zero attached hydrogens (tertiary/aromatic N) is 2. The molecule has 82 valence electrons. The van der Waals surface area contributed by atoms with Crippen molar-refractivity contribution in [1.82, 2.24) is 9.97 Å². The lowest BCUT2D eigenvalue weighted by atomic mass is 10.1. The predicted octanol–water partition coefficient (Wildman–Crippen LogP) is 0.703. The molecule has 0 unspecified atom stereocenters. The van der Waals surface area contributed by atoms with Gasteiger partial charge in [0.25, 0.3) is 0 Å². The fraction of sp³-hybridized carbons (Fsp3) is 0.600. The van der Waals surface area contributed by atoms with Crippen LogP contribution in [0.2, 0.25) is 0 Å². The van der Waals surface area contributed by atoms with E-state index in [2.05, 4.69) is 20.6 Å². The Labute approximate surface area is 88.9 Å². The van der Waals surface area contributed by atoms with Gasteiger partial charge in [0.2, 0.25) is 5.95 Å². The lowest BCUT2D eigenvalue weighted by Gasteiger charge is -2.13. The second-order valence-electron chi connectivity index (χ2n) is 4.03. The van der Waals surface area contributed by atoms with Crippen molar-refractivity contribution >= 4 is 11.8 Å². The highest BCUT2D eigenvalue weighted by Gasteiger charge is 2.41. The zero-order valence-electron chi connectivity index (χ0n) is 8.82. The molecule has 0 saturated heterocycles. The Kier molecular flexibility index (Phi) is 2.73. The van der Waals surface area contributed by atoms with Gasteiger partial charge in [0.1, 0.15) is 5.82 Å². The van der Waals surface area contributed by atoms with E-state index >= 15 is 0 Å². The fourth-order valence-corrected chi connectivity index (χ4v) is 1.42. The molecule has 0 amide bonds. The summed E-state index contributed by atoms with van der Waals surface area (Å²) in [5, 5.41) is 15.3. The summed E-state index contributed by atoms with van der Waals surface area (Å²) in [4.78, 5) is 8.27. The van der Waals surface area contributed by atoms with Gasteiger partial charge >= 0.3 is 0 Å². The summed E-state index contributed by atoms with van der Waals surface area (Å²) in [6.07, 6.45) is 3.90. The van der Waals surface area contributed by atoms with E-state index in [1.54, 1.807) is 13.2 Å². The highest BCUT2D eigenvalue weighted by atomic mass is 16.3. The lowest BCUT2D eigenvalue weighted by Crippen LogP contribution is -2.19. The van der Waals surface area contributed by atoms with Crippen LogP contribution in [0.3, 0.4) is 0 Å². The van der Waals surface area contributed by atoms with Crippen molar-refractivity contribution in [2.45, 2.75) is 12.8 Å². The lowest BCUT2D eigenvalue weighted by molar-refractivity contribution is 0.219. The van der Waals surface area contributed by atoms with Crippen LogP contribution in [0.1, 0.15) is 12.8 Å². The van der Waals surface area contributed by atoms with Crippen LogP contribution in [0.5, 0.6) is 0 Å². The number of aromatic nitrogens is 2. The van der Waals surface area contributed by atoms with E-state index in [1.807, 2.05) is 6.07 Å². The Bertz CT molecular complexity index is 338. The molecule has 0 atom stereocenters. The topological polar surface area (TPSA) is 70.1 Å². The van der Waals surface area contributed by atoms with Crippen molar-refractivity contribution in [3.05, 3.63) is 12.3 Å². The van der Waals surface area contributed by atoms with Gasteiger partial charge in [-0.3, -0.25) is 0 Å². The van der Waals surface area contributed by atoms with Crippen molar-refractivity contribution in [2.24, 2.45) is 5.41 Å². The Morgan fingerprint density at radius 3 is 2.93 bits per heavy atom. The minimum atomic E-state index is 0.102. The Morgan fingerprint density at radius 2 is 2.33 bits per heavy atom. The number of aliphatic hydroxyl groups is 1. The second kappa shape index (κ2) is 4.02. The maximum Gasteiger partial charge on any atom is 0.224 e. The van der Waals surface area contributed by atoms with Crippen LogP contribution in [-0.4, -0.2) is 35.3 Å². The quantitative estimate of drug-likeness (QED) is 0.664. The van der Waals surface area contributed by atoms with E-state index in [0.29, 0.717) is 5.95 Å². The molecule has 5 heteroatoms. The van der Waals surface area contributed by atoms with Crippen molar-refractivity contribution in [2.75, 3.05) is 30.8 Å². The van der Waals surface area contributed by atoms with E-state index in [-0.39, 0.29) is 12.0 Å². The molecule has 1 aliphatic carbocycles. The fourth-order valence-electron chi connectivity index (χ4n) is 1.42. The number of nitrogens with one attached hydrogen (secondary N) is 2. The smallest absolute Gasteiger partial charge is 0.224 e. The summed E-state index contributed by atoms with van der Waals surface area (Å²) < 4.78 is 0. The van der Waals surface area contributed by atoms with Gasteiger partial charge in [-0.05, 0) is 18.9 Å². The normalized spacial score (nSPS) is 17.2. The van der Waals surface area contributed by atoms with Gasteiger partial charge in [0.15, 0.2) is 0 Å². The van der Waals surface area contributed by atoms with Crippen molar-refractivity contribution in [3.63, 3.8) is 0 Å². The zero-order valence-corrected chi connectivity index (χ0v) is 8.82. The highest BCUT2D eigenvalue weighted by Crippen LogP contribution is 2.44. The molecule has 15 heavy (non-hydrogen) atoms. The van der Waals surface area contributed by atoms with Crippen LogP contribution in [0.25, 0.3) is 0 Å². The molecular weight excluding hydrogens is 192 g/mol. The number of rotatable bonds is 5. The SMILES string of the molecule is CNc1nccc(NCC2(CO)CC2)n1. The van der Waals surface area contributed by atoms with Crippen molar-refractivity contribution < 1.29 is 5.11 Å². The van der Waals surface area contributed by atoms with Gasteiger partial charge < -0.3 is 15.7 Å². The number of hydrogen-bond donors (Lipinski definition) is 3. The minimum Gasteiger partial charge on any atom is -0.396 e. The van der Waals surface area contributed by atoms with E-state index in [0.717, 1.165) is 25.2 Å². The third-order valence-electron chi connectivity index (χ3n) is 2.82. The molecule has 1 fully saturated rings. The van der Waals surface area contributed by atoms with Gasteiger partial charge in [0, 0.05) is 25.2 Å². The molecule has 1 aromatic rings. The summed E-state index contributed by atoms with van der Waals surface area (Å²) in [7, 11) is 1.79. The summed E-state index contributed by atoms with van der Waals surface area (Å²) in [5.74, 6) is 1.41. The molecule has 1 saturated carbocycles. The molecule has 5 nitrogen and oxygen atoms in total. The second-order valence-corrected chi connectivity index (χ2v) is 4.03. The molecule has 0 spiro atoms. The van der Waals surface area contributed by atoms with Gasteiger partial charge in [-0.25, -0.2) is 4.98 Å². The highest BCUT2D eigenvalue weighted by molar-refractivity contribution is 5.39. The van der Waals surface area contributed by atoms with Gasteiger partial charge in [-0.1, -0.05) is 0 Å². The zero-order chi connectivity index (χ0) is 10.7. The van der Waals surface area contributed by atoms with Crippen LogP contribution in [-0.2, 0) is 0 Å². The molecule has 1 aromatic heterocycles. The van der Waals surface area contributed by atoms with Crippen LogP contribution in [0, 0.1) is 5.41 Å². The molecule has 0 radical (unpaired) electrons. The van der Waals surface area contributed by atoms with Gasteiger partial charge in [-0.2, -0.15) is 4.98 Å². The van der Waals surface area contributed by atoms with Gasteiger partial charge in [-0.15, -0.1) is 0 Å². The van der Waals surface area contributed by atoms with Crippen LogP contribution in [0.15, 0.2) is 12.3 Å². The molecule has 2 rings (SSSR count).